The summed E-state index contributed by atoms with van der Waals surface area (Å²) in [6.07, 6.45) is 1.21. The first-order valence-electron chi connectivity index (χ1n) is 4.52. The van der Waals surface area contributed by atoms with Gasteiger partial charge in [-0.2, -0.15) is 0 Å². The second kappa shape index (κ2) is 7.12. The minimum absolute atomic E-state index is 0.0389. The Morgan fingerprint density at radius 1 is 1.07 bits per heavy atom. The molecule has 0 atom stereocenters. The van der Waals surface area contributed by atoms with Crippen molar-refractivity contribution in [3.8, 4) is 0 Å². The first-order valence-corrected chi connectivity index (χ1v) is 4.52. The first-order chi connectivity index (χ1) is 6.56. The lowest BCUT2D eigenvalue weighted by Crippen LogP contribution is -2.08. The van der Waals surface area contributed by atoms with E-state index in [2.05, 4.69) is 0 Å². The second-order valence-corrected chi connectivity index (χ2v) is 3.18. The third-order valence-corrected chi connectivity index (χ3v) is 1.69. The summed E-state index contributed by atoms with van der Waals surface area (Å²) in [5, 5.41) is 0. The number of hydrogen-bond acceptors (Lipinski definition) is 4. The average Bonchev–Trinajstić information content (AvgIpc) is 2.03. The van der Waals surface area contributed by atoms with Gasteiger partial charge in [0.25, 0.3) is 0 Å². The molecule has 0 aromatic heterocycles. The van der Waals surface area contributed by atoms with Crippen molar-refractivity contribution in [1.82, 2.24) is 0 Å². The highest BCUT2D eigenvalue weighted by molar-refractivity contribution is 6.03. The molecule has 0 aromatic carbocycles. The Hall–Kier alpha value is -1.32. The molecule has 0 heterocycles. The highest BCUT2D eigenvalue weighted by Gasteiger charge is 2.08. The van der Waals surface area contributed by atoms with Gasteiger partial charge in [-0.25, -0.2) is 0 Å². The molecule has 0 aliphatic heterocycles. The van der Waals surface area contributed by atoms with Crippen LogP contribution in [0.15, 0.2) is 0 Å². The van der Waals surface area contributed by atoms with E-state index in [1.165, 1.54) is 6.92 Å². The normalized spacial score (nSPS) is 9.50. The number of rotatable bonds is 8. The number of aldehydes is 1. The summed E-state index contributed by atoms with van der Waals surface area (Å²) in [7, 11) is 0. The Morgan fingerprint density at radius 2 is 1.71 bits per heavy atom. The molecule has 78 valence electrons. The Balaban J connectivity index is 3.60. The van der Waals surface area contributed by atoms with Gasteiger partial charge in [0, 0.05) is 12.8 Å². The maximum Gasteiger partial charge on any atom is 0.147 e. The summed E-state index contributed by atoms with van der Waals surface area (Å²) in [4.78, 5) is 42.3. The lowest BCUT2D eigenvalue weighted by molar-refractivity contribution is -0.127. The predicted octanol–water partition coefficient (Wildman–Crippen LogP) is 0.863. The van der Waals surface area contributed by atoms with Crippen LogP contribution in [0.2, 0.25) is 0 Å². The smallest absolute Gasteiger partial charge is 0.147 e. The fraction of sp³-hybridized carbons (Fsp3) is 0.600. The Kier molecular flexibility index (Phi) is 6.45. The van der Waals surface area contributed by atoms with E-state index in [0.29, 0.717) is 19.1 Å². The monoisotopic (exact) mass is 198 g/mol. The SMILES string of the molecule is CC(=O)CCCC(=O)CC(=O)CC=O. The minimum Gasteiger partial charge on any atom is -0.303 e. The first kappa shape index (κ1) is 12.7. The van der Waals surface area contributed by atoms with Crippen LogP contribution in [-0.2, 0) is 19.2 Å². The van der Waals surface area contributed by atoms with Crippen molar-refractivity contribution >= 4 is 23.6 Å². The van der Waals surface area contributed by atoms with Crippen LogP contribution in [0, 0.1) is 0 Å². The maximum absolute atomic E-state index is 11.1. The number of Topliss-reactive ketones (excluding diaryl/α,β-unsaturated/α-hetero) is 3. The zero-order chi connectivity index (χ0) is 11.0. The molecule has 0 N–H and O–H groups in total. The molecule has 0 aliphatic carbocycles. The average molecular weight is 198 g/mol. The zero-order valence-electron chi connectivity index (χ0n) is 8.25. The summed E-state index contributed by atoms with van der Waals surface area (Å²) in [5.41, 5.74) is 0. The van der Waals surface area contributed by atoms with E-state index in [-0.39, 0.29) is 36.6 Å². The van der Waals surface area contributed by atoms with E-state index >= 15 is 0 Å². The Morgan fingerprint density at radius 3 is 2.21 bits per heavy atom. The number of hydrogen-bond donors (Lipinski definition) is 0. The molecule has 14 heavy (non-hydrogen) atoms. The van der Waals surface area contributed by atoms with Gasteiger partial charge in [-0.3, -0.25) is 9.59 Å². The molecule has 0 radical (unpaired) electrons. The van der Waals surface area contributed by atoms with Crippen molar-refractivity contribution < 1.29 is 19.2 Å². The number of carbonyl (C=O) groups is 4. The molecule has 0 saturated carbocycles. The molecular weight excluding hydrogens is 184 g/mol. The molecule has 0 unspecified atom stereocenters. The summed E-state index contributed by atoms with van der Waals surface area (Å²) >= 11 is 0. The predicted molar refractivity (Wildman–Crippen MR) is 49.8 cm³/mol. The third-order valence-electron chi connectivity index (χ3n) is 1.69. The van der Waals surface area contributed by atoms with Crippen molar-refractivity contribution in [2.45, 2.75) is 39.0 Å². The molecule has 0 saturated heterocycles. The fourth-order valence-electron chi connectivity index (χ4n) is 1.01. The highest BCUT2D eigenvalue weighted by Crippen LogP contribution is 2.01. The summed E-state index contributed by atoms with van der Waals surface area (Å²) in [6, 6.07) is 0. The van der Waals surface area contributed by atoms with Crippen molar-refractivity contribution in [3.05, 3.63) is 0 Å². The molecule has 4 nitrogen and oxygen atoms in total. The standard InChI is InChI=1S/C10H14O4/c1-8(12)3-2-4-9(13)7-10(14)5-6-11/h6H,2-5,7H2,1H3. The molecule has 4 heteroatoms. The van der Waals surface area contributed by atoms with Crippen LogP contribution in [0.5, 0.6) is 0 Å². The molecule has 0 bridgehead atoms. The number of carbonyl (C=O) groups excluding carboxylic acids is 4. The molecule has 0 spiro atoms. The van der Waals surface area contributed by atoms with Crippen molar-refractivity contribution in [2.75, 3.05) is 0 Å². The van der Waals surface area contributed by atoms with Gasteiger partial charge >= 0.3 is 0 Å². The van der Waals surface area contributed by atoms with Gasteiger partial charge in [-0.15, -0.1) is 0 Å². The highest BCUT2D eigenvalue weighted by atomic mass is 16.2. The van der Waals surface area contributed by atoms with Crippen LogP contribution in [0.3, 0.4) is 0 Å². The second-order valence-electron chi connectivity index (χ2n) is 3.18. The third kappa shape index (κ3) is 7.34. The Bertz CT molecular complexity index is 243. The minimum atomic E-state index is -0.354. The lowest BCUT2D eigenvalue weighted by atomic mass is 10.1. The molecule has 0 aromatic rings. The van der Waals surface area contributed by atoms with Crippen molar-refractivity contribution in [3.63, 3.8) is 0 Å². The van der Waals surface area contributed by atoms with Crippen LogP contribution in [0.1, 0.15) is 39.0 Å². The van der Waals surface area contributed by atoms with Crippen LogP contribution in [0.25, 0.3) is 0 Å². The molecule has 0 aliphatic rings. The van der Waals surface area contributed by atoms with Crippen LogP contribution in [0.4, 0.5) is 0 Å². The van der Waals surface area contributed by atoms with Crippen LogP contribution in [-0.4, -0.2) is 23.6 Å². The fourth-order valence-corrected chi connectivity index (χ4v) is 1.01. The number of ketones is 3. The molecule has 0 amide bonds. The van der Waals surface area contributed by atoms with E-state index in [1.54, 1.807) is 0 Å². The van der Waals surface area contributed by atoms with Crippen LogP contribution >= 0.6 is 0 Å². The largest absolute Gasteiger partial charge is 0.303 e. The Labute approximate surface area is 82.7 Å². The molecule has 0 rings (SSSR count). The van der Waals surface area contributed by atoms with E-state index < -0.39 is 0 Å². The van der Waals surface area contributed by atoms with Gasteiger partial charge in [0.2, 0.25) is 0 Å². The van der Waals surface area contributed by atoms with Crippen molar-refractivity contribution in [1.29, 1.82) is 0 Å². The quantitative estimate of drug-likeness (QED) is 0.428. The van der Waals surface area contributed by atoms with Gasteiger partial charge in [-0.05, 0) is 13.3 Å². The maximum atomic E-state index is 11.1. The summed E-state index contributed by atoms with van der Waals surface area (Å²) in [6.45, 7) is 1.46. The van der Waals surface area contributed by atoms with Gasteiger partial charge in [0.05, 0.1) is 12.8 Å². The molecule has 0 fully saturated rings. The van der Waals surface area contributed by atoms with E-state index in [0.717, 1.165) is 0 Å². The van der Waals surface area contributed by atoms with Gasteiger partial charge in [0.1, 0.15) is 23.6 Å². The molecular formula is C10H14O4. The van der Waals surface area contributed by atoms with Gasteiger partial charge < -0.3 is 9.59 Å². The van der Waals surface area contributed by atoms with Crippen molar-refractivity contribution in [2.24, 2.45) is 0 Å². The van der Waals surface area contributed by atoms with E-state index in [1.807, 2.05) is 0 Å². The summed E-state index contributed by atoms with van der Waals surface area (Å²) < 4.78 is 0. The zero-order valence-corrected chi connectivity index (χ0v) is 8.25. The van der Waals surface area contributed by atoms with Gasteiger partial charge in [-0.1, -0.05) is 0 Å². The lowest BCUT2D eigenvalue weighted by Gasteiger charge is -1.97. The van der Waals surface area contributed by atoms with E-state index in [4.69, 9.17) is 0 Å². The van der Waals surface area contributed by atoms with Gasteiger partial charge in [0.15, 0.2) is 0 Å². The van der Waals surface area contributed by atoms with Crippen LogP contribution < -0.4 is 0 Å². The summed E-state index contributed by atoms with van der Waals surface area (Å²) in [5.74, 6) is -0.511. The topological polar surface area (TPSA) is 68.3 Å². The van der Waals surface area contributed by atoms with E-state index in [9.17, 15) is 19.2 Å².